The molecule has 5 aromatic rings. The molecule has 0 aliphatic heterocycles. The Bertz CT molecular complexity index is 2710. The van der Waals surface area contributed by atoms with Gasteiger partial charge in [-0.3, -0.25) is 28.8 Å². The number of ketones is 2. The van der Waals surface area contributed by atoms with Crippen LogP contribution in [0.5, 0.6) is 0 Å². The van der Waals surface area contributed by atoms with E-state index < -0.39 is 52.7 Å². The number of nitrogens with one attached hydrogen (secondary N) is 4. The minimum atomic E-state index is -1.64. The third-order valence-electron chi connectivity index (χ3n) is 8.49. The fraction of sp³-hybridized carbons (Fsp3) is 0.143. The van der Waals surface area contributed by atoms with Gasteiger partial charge < -0.3 is 21.3 Å². The van der Waals surface area contributed by atoms with Crippen LogP contribution in [-0.4, -0.2) is 47.3 Å². The van der Waals surface area contributed by atoms with Gasteiger partial charge in [0, 0.05) is 42.6 Å². The summed E-state index contributed by atoms with van der Waals surface area (Å²) in [4.78, 5) is 78.0. The van der Waals surface area contributed by atoms with Gasteiger partial charge in [-0.05, 0) is 117 Å². The first-order valence-corrected chi connectivity index (χ1v) is 20.8. The molecule has 4 amide bonds. The van der Waals surface area contributed by atoms with Crippen molar-refractivity contribution >= 4 is 151 Å². The number of anilines is 4. The van der Waals surface area contributed by atoms with Crippen molar-refractivity contribution in [2.24, 2.45) is 20.5 Å². The van der Waals surface area contributed by atoms with Gasteiger partial charge in [-0.1, -0.05) is 69.6 Å². The quantitative estimate of drug-likeness (QED) is 0.0457. The average Bonchev–Trinajstić information content (AvgIpc) is 3.20. The second-order valence-electron chi connectivity index (χ2n) is 13.4. The van der Waals surface area contributed by atoms with Gasteiger partial charge in [0.1, 0.15) is 0 Å². The number of amides is 4. The monoisotopic (exact) mass is 988 g/mol. The highest BCUT2D eigenvalue weighted by molar-refractivity contribution is 6.37. The lowest BCUT2D eigenvalue weighted by molar-refractivity contribution is -0.127. The standard InChI is InChI=1S/C42H31Cl7N8O6/c1-19(43)31-18-28(50-41(62)37(20(2)58)56-54-29-12-22(10-26(46)14-29)39(60)52-35-16-24(44)4-7-32(35)48)6-9-34(31)51-42(63)38(21(3)59)57-55-30-13-23(11-27(47)15-30)40(61)53-36-17-25(45)5-8-33(36)49/h4-19,37-38H,1-3H3,(H,50,62)(H,51,63)(H,52,60)(H,53,61). The highest BCUT2D eigenvalue weighted by Gasteiger charge is 2.27. The first-order chi connectivity index (χ1) is 29.8. The molecule has 0 radical (unpaired) electrons. The Hall–Kier alpha value is -5.45. The number of alkyl halides is 1. The number of Topliss-reactive ketones (excluding diaryl/α,β-unsaturated/α-hetero) is 2. The number of hydrogen-bond donors (Lipinski definition) is 4. The van der Waals surface area contributed by atoms with E-state index in [1.165, 1.54) is 78.9 Å². The number of rotatable bonds is 15. The summed E-state index contributed by atoms with van der Waals surface area (Å²) in [5, 5.41) is 27.0. The minimum Gasteiger partial charge on any atom is -0.324 e. The van der Waals surface area contributed by atoms with Gasteiger partial charge >= 0.3 is 0 Å². The van der Waals surface area contributed by atoms with Crippen LogP contribution in [0.15, 0.2) is 111 Å². The van der Waals surface area contributed by atoms with E-state index in [1.807, 2.05) is 0 Å². The molecule has 3 unspecified atom stereocenters. The van der Waals surface area contributed by atoms with Gasteiger partial charge in [0.05, 0.1) is 38.2 Å². The summed E-state index contributed by atoms with van der Waals surface area (Å²) < 4.78 is 0. The number of halogens is 7. The van der Waals surface area contributed by atoms with Crippen molar-refractivity contribution in [3.63, 3.8) is 0 Å². The molecule has 0 fully saturated rings. The molecule has 3 atom stereocenters. The van der Waals surface area contributed by atoms with Gasteiger partial charge in [-0.15, -0.1) is 11.6 Å². The molecule has 0 saturated heterocycles. The topological polar surface area (TPSA) is 200 Å². The van der Waals surface area contributed by atoms with E-state index in [4.69, 9.17) is 81.2 Å². The molecule has 324 valence electrons. The molecule has 0 aliphatic carbocycles. The first kappa shape index (κ1) is 48.6. The average molecular weight is 992 g/mol. The molecular weight excluding hydrogens is 961 g/mol. The zero-order valence-corrected chi connectivity index (χ0v) is 38.1. The Kier molecular flexibility index (Phi) is 16.8. The van der Waals surface area contributed by atoms with Crippen molar-refractivity contribution in [3.8, 4) is 0 Å². The zero-order chi connectivity index (χ0) is 46.1. The van der Waals surface area contributed by atoms with Crippen LogP contribution in [0.25, 0.3) is 0 Å². The Morgan fingerprint density at radius 1 is 0.492 bits per heavy atom. The maximum Gasteiger partial charge on any atom is 0.258 e. The van der Waals surface area contributed by atoms with Gasteiger partial charge in [-0.25, -0.2) is 0 Å². The summed E-state index contributed by atoms with van der Waals surface area (Å²) in [5.74, 6) is -4.26. The van der Waals surface area contributed by atoms with Crippen LogP contribution in [0.2, 0.25) is 30.1 Å². The zero-order valence-electron chi connectivity index (χ0n) is 32.8. The molecule has 0 bridgehead atoms. The van der Waals surface area contributed by atoms with Crippen molar-refractivity contribution in [2.75, 3.05) is 21.3 Å². The van der Waals surface area contributed by atoms with E-state index in [2.05, 4.69) is 41.7 Å². The summed E-state index contributed by atoms with van der Waals surface area (Å²) in [6, 6.07) is 18.3. The van der Waals surface area contributed by atoms with Crippen LogP contribution in [0.1, 0.15) is 52.4 Å². The molecule has 0 aliphatic rings. The molecule has 4 N–H and O–H groups in total. The van der Waals surface area contributed by atoms with Crippen molar-refractivity contribution in [2.45, 2.75) is 38.2 Å². The number of carbonyl (C=O) groups excluding carboxylic acids is 6. The predicted octanol–water partition coefficient (Wildman–Crippen LogP) is 12.8. The van der Waals surface area contributed by atoms with E-state index in [0.29, 0.717) is 15.6 Å². The third kappa shape index (κ3) is 13.5. The number of carbonyl (C=O) groups is 6. The summed E-state index contributed by atoms with van der Waals surface area (Å²) >= 11 is 43.4. The van der Waals surface area contributed by atoms with Crippen molar-refractivity contribution in [1.29, 1.82) is 0 Å². The number of hydrogen-bond acceptors (Lipinski definition) is 10. The molecule has 5 rings (SSSR count). The van der Waals surface area contributed by atoms with E-state index in [-0.39, 0.29) is 65.3 Å². The van der Waals surface area contributed by atoms with E-state index in [1.54, 1.807) is 19.1 Å². The van der Waals surface area contributed by atoms with E-state index in [0.717, 1.165) is 13.8 Å². The molecule has 0 saturated carbocycles. The molecule has 0 spiro atoms. The molecule has 63 heavy (non-hydrogen) atoms. The van der Waals surface area contributed by atoms with E-state index >= 15 is 0 Å². The fourth-order valence-electron chi connectivity index (χ4n) is 5.48. The van der Waals surface area contributed by atoms with Crippen LogP contribution < -0.4 is 21.3 Å². The van der Waals surface area contributed by atoms with Crippen LogP contribution >= 0.6 is 81.2 Å². The minimum absolute atomic E-state index is 0.0582. The normalized spacial score (nSPS) is 12.7. The fourth-order valence-corrected chi connectivity index (χ4v) is 6.80. The summed E-state index contributed by atoms with van der Waals surface area (Å²) in [6.07, 6.45) is 0. The van der Waals surface area contributed by atoms with Crippen molar-refractivity contribution in [1.82, 2.24) is 0 Å². The first-order valence-electron chi connectivity index (χ1n) is 18.1. The molecule has 0 heterocycles. The number of azo groups is 2. The van der Waals surface area contributed by atoms with Gasteiger partial charge in [0.2, 0.25) is 12.1 Å². The Morgan fingerprint density at radius 2 is 0.937 bits per heavy atom. The van der Waals surface area contributed by atoms with Gasteiger partial charge in [0.25, 0.3) is 23.6 Å². The maximum absolute atomic E-state index is 13.4. The summed E-state index contributed by atoms with van der Waals surface area (Å²) in [5.41, 5.74) is 1.43. The van der Waals surface area contributed by atoms with Crippen molar-refractivity contribution in [3.05, 3.63) is 138 Å². The van der Waals surface area contributed by atoms with Gasteiger partial charge in [0.15, 0.2) is 11.6 Å². The third-order valence-corrected chi connectivity index (χ3v) is 10.3. The number of benzene rings is 5. The molecular formula is C42H31Cl7N8O6. The second-order valence-corrected chi connectivity index (χ2v) is 16.6. The Balaban J connectivity index is 1.28. The summed E-state index contributed by atoms with van der Waals surface area (Å²) in [7, 11) is 0. The van der Waals surface area contributed by atoms with Crippen LogP contribution in [-0.2, 0) is 19.2 Å². The summed E-state index contributed by atoms with van der Waals surface area (Å²) in [6.45, 7) is 3.88. The van der Waals surface area contributed by atoms with Gasteiger partial charge in [-0.2, -0.15) is 20.5 Å². The van der Waals surface area contributed by atoms with Crippen LogP contribution in [0.4, 0.5) is 34.1 Å². The number of nitrogens with zero attached hydrogens (tertiary/aromatic N) is 4. The van der Waals surface area contributed by atoms with Crippen LogP contribution in [0.3, 0.4) is 0 Å². The molecule has 14 nitrogen and oxygen atoms in total. The van der Waals surface area contributed by atoms with E-state index in [9.17, 15) is 28.8 Å². The molecule has 21 heteroatoms. The second kappa shape index (κ2) is 21.8. The highest BCUT2D eigenvalue weighted by Crippen LogP contribution is 2.32. The largest absolute Gasteiger partial charge is 0.324 e. The smallest absolute Gasteiger partial charge is 0.258 e. The Labute approximate surface area is 394 Å². The molecule has 0 aromatic heterocycles. The lowest BCUT2D eigenvalue weighted by atomic mass is 10.1. The van der Waals surface area contributed by atoms with Crippen LogP contribution in [0, 0.1) is 0 Å². The Morgan fingerprint density at radius 3 is 1.37 bits per heavy atom. The highest BCUT2D eigenvalue weighted by atomic mass is 35.5. The SMILES string of the molecule is CC(=O)C(N=Nc1cc(Cl)cc(C(=O)Nc2cc(Cl)ccc2Cl)c1)C(=O)Nc1ccc(NC(=O)C(N=Nc2cc(Cl)cc(C(=O)Nc3cc(Cl)ccc3Cl)c2)C(C)=O)c(C(C)Cl)c1. The predicted molar refractivity (Wildman–Crippen MR) is 248 cm³/mol. The maximum atomic E-state index is 13.4. The lowest BCUT2D eigenvalue weighted by Crippen LogP contribution is -2.32. The van der Waals surface area contributed by atoms with Crippen molar-refractivity contribution < 1.29 is 28.8 Å². The molecule has 5 aromatic carbocycles. The lowest BCUT2D eigenvalue weighted by Gasteiger charge is -2.17.